The third-order valence-electron chi connectivity index (χ3n) is 2.34. The van der Waals surface area contributed by atoms with Crippen molar-refractivity contribution in [1.29, 1.82) is 0 Å². The molecule has 3 N–H and O–H groups in total. The van der Waals surface area contributed by atoms with Crippen LogP contribution >= 0.6 is 23.2 Å². The Morgan fingerprint density at radius 2 is 1.74 bits per heavy atom. The molecule has 0 heterocycles. The average molecular weight is 300 g/mol. The van der Waals surface area contributed by atoms with Crippen LogP contribution in [-0.2, 0) is 0 Å². The van der Waals surface area contributed by atoms with E-state index in [1.165, 1.54) is 0 Å². The summed E-state index contributed by atoms with van der Waals surface area (Å²) in [6.07, 6.45) is 0. The van der Waals surface area contributed by atoms with Gasteiger partial charge in [0, 0.05) is 26.8 Å². The number of amidine groups is 2. The van der Waals surface area contributed by atoms with Crippen LogP contribution in [0, 0.1) is 0 Å². The van der Waals surface area contributed by atoms with Crippen molar-refractivity contribution in [3.8, 4) is 0 Å². The van der Waals surface area contributed by atoms with Crippen molar-refractivity contribution in [1.82, 2.24) is 0 Å². The van der Waals surface area contributed by atoms with Gasteiger partial charge >= 0.3 is 0 Å². The van der Waals surface area contributed by atoms with Gasteiger partial charge in [-0.3, -0.25) is 15.0 Å². The molecule has 0 saturated heterocycles. The molecular weight excluding hydrogens is 285 g/mol. The lowest BCUT2D eigenvalue weighted by Gasteiger charge is -2.11. The van der Waals surface area contributed by atoms with Crippen molar-refractivity contribution in [3.05, 3.63) is 28.2 Å². The van der Waals surface area contributed by atoms with Gasteiger partial charge in [0.1, 0.15) is 11.5 Å². The normalized spacial score (nSPS) is 13.6. The number of benzene rings is 1. The first-order chi connectivity index (χ1) is 9.03. The largest absolute Gasteiger partial charge is 0.382 e. The quantitative estimate of drug-likeness (QED) is 0.664. The van der Waals surface area contributed by atoms with E-state index in [4.69, 9.17) is 28.9 Å². The summed E-state index contributed by atoms with van der Waals surface area (Å²) in [5, 5.41) is 4.02. The Hall–Kier alpha value is -1.59. The highest BCUT2D eigenvalue weighted by atomic mass is 35.5. The van der Waals surface area contributed by atoms with Gasteiger partial charge in [-0.05, 0) is 18.2 Å². The molecule has 5 nitrogen and oxygen atoms in total. The Balaban J connectivity index is 3.04. The second kappa shape index (κ2) is 7.11. The van der Waals surface area contributed by atoms with Gasteiger partial charge < -0.3 is 11.1 Å². The molecule has 102 valence electrons. The number of rotatable bonds is 3. The Morgan fingerprint density at radius 3 is 2.21 bits per heavy atom. The van der Waals surface area contributed by atoms with Gasteiger partial charge in [0.25, 0.3) is 0 Å². The lowest BCUT2D eigenvalue weighted by molar-refractivity contribution is 1.38. The summed E-state index contributed by atoms with van der Waals surface area (Å²) in [5.74, 6) is 0.805. The van der Waals surface area contributed by atoms with Crippen molar-refractivity contribution in [2.45, 2.75) is 0 Å². The van der Waals surface area contributed by atoms with E-state index in [-0.39, 0.29) is 0 Å². The number of hydrogen-bond donors (Lipinski definition) is 2. The number of anilines is 1. The highest BCUT2D eigenvalue weighted by Gasteiger charge is 2.12. The van der Waals surface area contributed by atoms with Crippen molar-refractivity contribution in [3.63, 3.8) is 0 Å². The Morgan fingerprint density at radius 1 is 1.05 bits per heavy atom. The lowest BCUT2D eigenvalue weighted by Crippen LogP contribution is -2.35. The summed E-state index contributed by atoms with van der Waals surface area (Å²) < 4.78 is 0. The van der Waals surface area contributed by atoms with Crippen LogP contribution in [0.1, 0.15) is 0 Å². The molecule has 7 heteroatoms. The summed E-state index contributed by atoms with van der Waals surface area (Å²) in [7, 11) is 4.84. The first kappa shape index (κ1) is 15.5. The van der Waals surface area contributed by atoms with Crippen LogP contribution in [0.25, 0.3) is 0 Å². The van der Waals surface area contributed by atoms with Crippen LogP contribution in [0.4, 0.5) is 5.69 Å². The molecule has 1 aromatic rings. The molecule has 0 fully saturated rings. The van der Waals surface area contributed by atoms with Crippen LogP contribution in [0.3, 0.4) is 0 Å². The molecule has 19 heavy (non-hydrogen) atoms. The molecule has 0 saturated carbocycles. The van der Waals surface area contributed by atoms with Crippen LogP contribution < -0.4 is 11.1 Å². The summed E-state index contributed by atoms with van der Waals surface area (Å²) in [5.41, 5.74) is 6.98. The fourth-order valence-electron chi connectivity index (χ4n) is 1.38. The van der Waals surface area contributed by atoms with E-state index < -0.39 is 0 Å². The van der Waals surface area contributed by atoms with Gasteiger partial charge in [-0.1, -0.05) is 23.2 Å². The van der Waals surface area contributed by atoms with Crippen molar-refractivity contribution in [2.24, 2.45) is 20.7 Å². The number of nitrogens with one attached hydrogen (secondary N) is 1. The average Bonchev–Trinajstić information content (AvgIpc) is 2.42. The first-order valence-electron chi connectivity index (χ1n) is 5.42. The van der Waals surface area contributed by atoms with Gasteiger partial charge in [-0.25, -0.2) is 0 Å². The first-order valence-corrected chi connectivity index (χ1v) is 6.17. The Bertz CT molecular complexity index is 549. The van der Waals surface area contributed by atoms with Crippen molar-refractivity contribution in [2.75, 3.05) is 26.5 Å². The Labute approximate surface area is 122 Å². The minimum Gasteiger partial charge on any atom is -0.382 e. The molecular formula is C12H15Cl2N5. The SMILES string of the molecule is CN=C(N)C(=NC)C(=NC)Nc1ccc(Cl)c(Cl)c1. The smallest absolute Gasteiger partial charge is 0.154 e. The summed E-state index contributed by atoms with van der Waals surface area (Å²) in [6.45, 7) is 0. The van der Waals surface area contributed by atoms with Crippen LogP contribution in [0.5, 0.6) is 0 Å². The van der Waals surface area contributed by atoms with Crippen LogP contribution in [0.2, 0.25) is 10.0 Å². The molecule has 0 aromatic heterocycles. The summed E-state index contributed by atoms with van der Waals surface area (Å²) >= 11 is 11.8. The predicted octanol–water partition coefficient (Wildman–Crippen LogP) is 2.49. The number of nitrogens with two attached hydrogens (primary N) is 1. The minimum atomic E-state index is 0.302. The second-order valence-electron chi connectivity index (χ2n) is 3.51. The monoisotopic (exact) mass is 299 g/mol. The fourth-order valence-corrected chi connectivity index (χ4v) is 1.68. The van der Waals surface area contributed by atoms with Crippen molar-refractivity contribution >= 4 is 46.3 Å². The van der Waals surface area contributed by atoms with E-state index in [1.54, 1.807) is 39.3 Å². The highest BCUT2D eigenvalue weighted by Crippen LogP contribution is 2.25. The van der Waals surface area contributed by atoms with E-state index >= 15 is 0 Å². The van der Waals surface area contributed by atoms with Gasteiger partial charge in [0.2, 0.25) is 0 Å². The van der Waals surface area contributed by atoms with E-state index in [0.717, 1.165) is 5.69 Å². The molecule has 0 spiro atoms. The summed E-state index contributed by atoms with van der Waals surface area (Å²) in [6, 6.07) is 5.17. The third kappa shape index (κ3) is 3.94. The maximum Gasteiger partial charge on any atom is 0.154 e. The fraction of sp³-hybridized carbons (Fsp3) is 0.250. The van der Waals surface area contributed by atoms with Gasteiger partial charge in [0.05, 0.1) is 10.0 Å². The molecule has 0 amide bonds. The molecule has 1 aromatic carbocycles. The van der Waals surface area contributed by atoms with E-state index in [9.17, 15) is 0 Å². The zero-order chi connectivity index (χ0) is 14.4. The topological polar surface area (TPSA) is 75.1 Å². The van der Waals surface area contributed by atoms with Crippen LogP contribution in [0.15, 0.2) is 33.2 Å². The number of halogens is 2. The second-order valence-corrected chi connectivity index (χ2v) is 4.32. The van der Waals surface area contributed by atoms with Gasteiger partial charge in [0.15, 0.2) is 5.84 Å². The standard InChI is InChI=1S/C12H15Cl2N5/c1-16-10(11(15)17-2)12(18-3)19-7-4-5-8(13)9(14)6-7/h4-6H,1-3H3,(H2,15,17)(H,18,19). The minimum absolute atomic E-state index is 0.302. The third-order valence-corrected chi connectivity index (χ3v) is 3.08. The van der Waals surface area contributed by atoms with Gasteiger partial charge in [-0.15, -0.1) is 0 Å². The number of nitrogens with zero attached hydrogens (tertiary/aromatic N) is 3. The van der Waals surface area contributed by atoms with E-state index in [0.29, 0.717) is 27.4 Å². The number of aliphatic imine (C=N–C) groups is 3. The molecule has 0 aliphatic heterocycles. The van der Waals surface area contributed by atoms with E-state index in [2.05, 4.69) is 20.3 Å². The summed E-state index contributed by atoms with van der Waals surface area (Å²) in [4.78, 5) is 12.1. The Kier molecular flexibility index (Phi) is 5.79. The molecule has 0 aliphatic rings. The van der Waals surface area contributed by atoms with E-state index in [1.807, 2.05) is 0 Å². The van der Waals surface area contributed by atoms with Crippen LogP contribution in [-0.4, -0.2) is 38.5 Å². The lowest BCUT2D eigenvalue weighted by atomic mass is 10.2. The van der Waals surface area contributed by atoms with Crippen molar-refractivity contribution < 1.29 is 0 Å². The molecule has 0 radical (unpaired) electrons. The number of hydrogen-bond acceptors (Lipinski definition) is 3. The maximum absolute atomic E-state index is 5.95. The molecule has 0 unspecified atom stereocenters. The highest BCUT2D eigenvalue weighted by molar-refractivity contribution is 6.69. The zero-order valence-corrected chi connectivity index (χ0v) is 12.4. The molecule has 0 bridgehead atoms. The molecule has 0 aliphatic carbocycles. The maximum atomic E-state index is 5.95. The predicted molar refractivity (Wildman–Crippen MR) is 84.3 cm³/mol. The zero-order valence-electron chi connectivity index (χ0n) is 10.9. The molecule has 0 atom stereocenters. The van der Waals surface area contributed by atoms with Gasteiger partial charge in [-0.2, -0.15) is 0 Å². The molecule has 1 rings (SSSR count).